The third-order valence-corrected chi connectivity index (χ3v) is 6.99. The number of nitriles is 1. The van der Waals surface area contributed by atoms with Gasteiger partial charge in [-0.05, 0) is 36.8 Å². The smallest absolute Gasteiger partial charge is 0.183 e. The zero-order valence-electron chi connectivity index (χ0n) is 13.8. The van der Waals surface area contributed by atoms with Crippen molar-refractivity contribution in [3.63, 3.8) is 0 Å². The van der Waals surface area contributed by atoms with E-state index in [2.05, 4.69) is 0 Å². The van der Waals surface area contributed by atoms with Gasteiger partial charge in [-0.25, -0.2) is 8.42 Å². The molecule has 5 nitrogen and oxygen atoms in total. The second-order valence-electron chi connectivity index (χ2n) is 6.19. The first kappa shape index (κ1) is 17.2. The fraction of sp³-hybridized carbons (Fsp3) is 0.263. The Morgan fingerprint density at radius 2 is 1.72 bits per heavy atom. The highest BCUT2D eigenvalue weighted by Crippen LogP contribution is 2.62. The molecule has 0 heterocycles. The predicted molar refractivity (Wildman–Crippen MR) is 92.0 cm³/mol. The molecule has 0 amide bonds. The minimum Gasteiger partial charge on any atom is -0.497 e. The number of rotatable bonds is 5. The Morgan fingerprint density at radius 1 is 1.12 bits per heavy atom. The summed E-state index contributed by atoms with van der Waals surface area (Å²) >= 11 is 0. The first-order chi connectivity index (χ1) is 11.9. The summed E-state index contributed by atoms with van der Waals surface area (Å²) in [5, 5.41) is 8.46. The van der Waals surface area contributed by atoms with Crippen molar-refractivity contribution in [3.05, 3.63) is 59.7 Å². The number of benzene rings is 2. The van der Waals surface area contributed by atoms with E-state index in [-0.39, 0.29) is 4.90 Å². The fourth-order valence-corrected chi connectivity index (χ4v) is 5.49. The van der Waals surface area contributed by atoms with Crippen molar-refractivity contribution in [1.29, 1.82) is 5.26 Å². The van der Waals surface area contributed by atoms with Crippen LogP contribution in [-0.2, 0) is 14.6 Å². The van der Waals surface area contributed by atoms with Gasteiger partial charge in [0, 0.05) is 5.92 Å². The maximum Gasteiger partial charge on any atom is 0.183 e. The molecule has 1 aliphatic rings. The monoisotopic (exact) mass is 355 g/mol. The topological polar surface area (TPSA) is 84.2 Å². The number of aldehydes is 1. The lowest BCUT2D eigenvalue weighted by molar-refractivity contribution is -0.110. The van der Waals surface area contributed by atoms with E-state index < -0.39 is 26.4 Å². The number of carbonyl (C=O) groups is 1. The highest BCUT2D eigenvalue weighted by Gasteiger charge is 2.72. The minimum atomic E-state index is -3.81. The lowest BCUT2D eigenvalue weighted by atomic mass is 10.0. The van der Waals surface area contributed by atoms with Gasteiger partial charge in [-0.2, -0.15) is 5.26 Å². The molecule has 0 aliphatic heterocycles. The predicted octanol–water partition coefficient (Wildman–Crippen LogP) is 2.65. The largest absolute Gasteiger partial charge is 0.497 e. The summed E-state index contributed by atoms with van der Waals surface area (Å²) in [5.74, 6) is -0.0665. The van der Waals surface area contributed by atoms with E-state index >= 15 is 0 Å². The van der Waals surface area contributed by atoms with Crippen molar-refractivity contribution in [2.75, 3.05) is 7.11 Å². The van der Waals surface area contributed by atoms with Crippen LogP contribution in [0.25, 0.3) is 0 Å². The van der Waals surface area contributed by atoms with Gasteiger partial charge >= 0.3 is 0 Å². The average molecular weight is 355 g/mol. The first-order valence-corrected chi connectivity index (χ1v) is 9.27. The SMILES string of the molecule is COc1ccc([C@@H]2[C@@H](S(=O)(=O)c3ccc(C)cc3)[C@@]2(C#N)C=O)cc1. The van der Waals surface area contributed by atoms with Crippen LogP contribution in [0.3, 0.4) is 0 Å². The number of ether oxygens (including phenoxy) is 1. The van der Waals surface area contributed by atoms with Gasteiger partial charge in [-0.15, -0.1) is 0 Å². The van der Waals surface area contributed by atoms with Gasteiger partial charge in [0.1, 0.15) is 22.7 Å². The van der Waals surface area contributed by atoms with E-state index in [4.69, 9.17) is 4.74 Å². The molecule has 0 aromatic heterocycles. The van der Waals surface area contributed by atoms with Crippen molar-refractivity contribution >= 4 is 16.1 Å². The Hall–Kier alpha value is -2.65. The van der Waals surface area contributed by atoms with E-state index in [0.717, 1.165) is 5.56 Å². The Kier molecular flexibility index (Phi) is 4.13. The molecule has 128 valence electrons. The summed E-state index contributed by atoms with van der Waals surface area (Å²) in [7, 11) is -2.28. The molecular weight excluding hydrogens is 338 g/mol. The number of hydrogen-bond acceptors (Lipinski definition) is 5. The number of methoxy groups -OCH3 is 1. The summed E-state index contributed by atoms with van der Waals surface area (Å²) in [6, 6.07) is 15.1. The van der Waals surface area contributed by atoms with E-state index in [9.17, 15) is 18.5 Å². The van der Waals surface area contributed by atoms with Crippen molar-refractivity contribution < 1.29 is 17.9 Å². The summed E-state index contributed by atoms with van der Waals surface area (Å²) < 4.78 is 31.1. The van der Waals surface area contributed by atoms with Gasteiger partial charge in [-0.3, -0.25) is 0 Å². The molecular formula is C19H17NO4S. The molecule has 6 heteroatoms. The second-order valence-corrected chi connectivity index (χ2v) is 8.26. The minimum absolute atomic E-state index is 0.126. The Labute approximate surface area is 146 Å². The van der Waals surface area contributed by atoms with E-state index in [1.807, 2.05) is 13.0 Å². The quantitative estimate of drug-likeness (QED) is 0.770. The van der Waals surface area contributed by atoms with E-state index in [1.165, 1.54) is 19.2 Å². The molecule has 0 unspecified atom stereocenters. The van der Waals surface area contributed by atoms with Crippen molar-refractivity contribution in [1.82, 2.24) is 0 Å². The number of aryl methyl sites for hydroxylation is 1. The van der Waals surface area contributed by atoms with Crippen LogP contribution in [0, 0.1) is 23.7 Å². The molecule has 0 spiro atoms. The zero-order chi connectivity index (χ0) is 18.2. The van der Waals surface area contributed by atoms with Crippen LogP contribution in [0.2, 0.25) is 0 Å². The normalized spacial score (nSPS) is 25.0. The van der Waals surface area contributed by atoms with Crippen molar-refractivity contribution in [2.24, 2.45) is 5.41 Å². The first-order valence-electron chi connectivity index (χ1n) is 7.73. The zero-order valence-corrected chi connectivity index (χ0v) is 14.7. The number of sulfone groups is 1. The maximum absolute atomic E-state index is 13.0. The van der Waals surface area contributed by atoms with Crippen LogP contribution in [0.1, 0.15) is 17.0 Å². The van der Waals surface area contributed by atoms with Crippen molar-refractivity contribution in [2.45, 2.75) is 23.0 Å². The Bertz CT molecular complexity index is 942. The van der Waals surface area contributed by atoms with Crippen LogP contribution in [0.4, 0.5) is 0 Å². The highest BCUT2D eigenvalue weighted by atomic mass is 32.2. The average Bonchev–Trinajstić information content (AvgIpc) is 3.33. The molecule has 1 fully saturated rings. The Balaban J connectivity index is 2.05. The third-order valence-electron chi connectivity index (χ3n) is 4.73. The van der Waals surface area contributed by atoms with E-state index in [1.54, 1.807) is 36.4 Å². The lowest BCUT2D eigenvalue weighted by Crippen LogP contribution is -2.16. The van der Waals surface area contributed by atoms with Crippen LogP contribution >= 0.6 is 0 Å². The summed E-state index contributed by atoms with van der Waals surface area (Å²) in [6.07, 6.45) is 0.471. The number of nitrogens with zero attached hydrogens (tertiary/aromatic N) is 1. The molecule has 3 rings (SSSR count). The molecule has 2 aromatic rings. The number of hydrogen-bond donors (Lipinski definition) is 0. The molecule has 2 aromatic carbocycles. The standard InChI is InChI=1S/C19H17NO4S/c1-13-3-9-16(10-4-13)25(22,23)18-17(19(18,11-20)12-21)14-5-7-15(24-2)8-6-14/h3-10,12,17-18H,1-2H3/t17-,18-,19+/m1/s1. The summed E-state index contributed by atoms with van der Waals surface area (Å²) in [4.78, 5) is 11.8. The van der Waals surface area contributed by atoms with Gasteiger partial charge in [0.15, 0.2) is 9.84 Å². The molecule has 1 saturated carbocycles. The molecule has 3 atom stereocenters. The van der Waals surface area contributed by atoms with E-state index in [0.29, 0.717) is 17.6 Å². The molecule has 0 saturated heterocycles. The van der Waals surface area contributed by atoms with Gasteiger partial charge < -0.3 is 9.53 Å². The van der Waals surface area contributed by atoms with Gasteiger partial charge in [-0.1, -0.05) is 29.8 Å². The maximum atomic E-state index is 13.0. The Morgan fingerprint density at radius 3 is 2.20 bits per heavy atom. The van der Waals surface area contributed by atoms with Crippen LogP contribution in [0.5, 0.6) is 5.75 Å². The second kappa shape index (κ2) is 6.01. The number of carbonyl (C=O) groups excluding carboxylic acids is 1. The third kappa shape index (κ3) is 2.61. The van der Waals surface area contributed by atoms with Crippen LogP contribution in [0.15, 0.2) is 53.4 Å². The lowest BCUT2D eigenvalue weighted by Gasteiger charge is -2.05. The van der Waals surface area contributed by atoms with Crippen LogP contribution in [-0.4, -0.2) is 27.1 Å². The molecule has 1 aliphatic carbocycles. The van der Waals surface area contributed by atoms with Gasteiger partial charge in [0.2, 0.25) is 0 Å². The summed E-state index contributed by atoms with van der Waals surface area (Å²) in [6.45, 7) is 1.86. The van der Waals surface area contributed by atoms with Gasteiger partial charge in [0.25, 0.3) is 0 Å². The molecule has 0 N–H and O–H groups in total. The molecule has 0 radical (unpaired) electrons. The molecule has 25 heavy (non-hydrogen) atoms. The van der Waals surface area contributed by atoms with Gasteiger partial charge in [0.05, 0.1) is 18.1 Å². The van der Waals surface area contributed by atoms with Crippen LogP contribution < -0.4 is 4.74 Å². The summed E-state index contributed by atoms with van der Waals surface area (Å²) in [5.41, 5.74) is 0.0108. The highest BCUT2D eigenvalue weighted by molar-refractivity contribution is 7.92. The molecule has 0 bridgehead atoms. The fourth-order valence-electron chi connectivity index (χ4n) is 3.25. The van der Waals surface area contributed by atoms with Crippen molar-refractivity contribution in [3.8, 4) is 11.8 Å².